The van der Waals surface area contributed by atoms with Crippen molar-refractivity contribution in [3.05, 3.63) is 36.0 Å². The maximum Gasteiger partial charge on any atom is 0.116 e. The van der Waals surface area contributed by atoms with E-state index in [2.05, 4.69) is 18.9 Å². The van der Waals surface area contributed by atoms with Crippen LogP contribution in [0.3, 0.4) is 0 Å². The molecule has 0 fully saturated rings. The molecule has 0 amide bonds. The molecule has 0 bridgehead atoms. The molecule has 0 saturated carbocycles. The summed E-state index contributed by atoms with van der Waals surface area (Å²) in [6.45, 7) is 6.22. The second kappa shape index (κ2) is 4.00. The van der Waals surface area contributed by atoms with Gasteiger partial charge in [-0.15, -0.1) is 0 Å². The number of hydrogen-bond donors (Lipinski definition) is 1. The number of hydrogen-bond acceptors (Lipinski definition) is 2. The lowest BCUT2D eigenvalue weighted by Gasteiger charge is -2.12. The Kier molecular flexibility index (Phi) is 2.69. The van der Waals surface area contributed by atoms with Crippen molar-refractivity contribution in [2.24, 2.45) is 0 Å². The zero-order chi connectivity index (χ0) is 11.7. The van der Waals surface area contributed by atoms with Crippen LogP contribution < -0.4 is 0 Å². The van der Waals surface area contributed by atoms with Crippen molar-refractivity contribution in [2.75, 3.05) is 0 Å². The smallest absolute Gasteiger partial charge is 0.116 e. The van der Waals surface area contributed by atoms with Crippen molar-refractivity contribution in [2.45, 2.75) is 26.8 Å². The van der Waals surface area contributed by atoms with Gasteiger partial charge in [-0.05, 0) is 38.5 Å². The molecule has 0 saturated heterocycles. The number of phenolic OH excluding ortho intramolecular Hbond substituents is 1. The first-order valence-corrected chi connectivity index (χ1v) is 5.43. The summed E-state index contributed by atoms with van der Waals surface area (Å²) in [7, 11) is 0. The molecule has 2 rings (SSSR count). The second-order valence-corrected chi connectivity index (χ2v) is 4.26. The van der Waals surface area contributed by atoms with Crippen molar-refractivity contribution >= 4 is 0 Å². The van der Waals surface area contributed by atoms with Crippen LogP contribution in [0, 0.1) is 6.92 Å². The lowest BCUT2D eigenvalue weighted by molar-refractivity contribution is 0.475. The molecule has 3 heteroatoms. The van der Waals surface area contributed by atoms with Crippen molar-refractivity contribution in [1.29, 1.82) is 0 Å². The fourth-order valence-electron chi connectivity index (χ4n) is 1.85. The molecule has 1 N–H and O–H groups in total. The first-order chi connectivity index (χ1) is 7.59. The topological polar surface area (TPSA) is 38.0 Å². The van der Waals surface area contributed by atoms with E-state index in [1.807, 2.05) is 29.9 Å². The zero-order valence-corrected chi connectivity index (χ0v) is 9.81. The van der Waals surface area contributed by atoms with Gasteiger partial charge in [0.25, 0.3) is 0 Å². The molecule has 0 aliphatic carbocycles. The third-order valence-corrected chi connectivity index (χ3v) is 2.59. The van der Waals surface area contributed by atoms with Crippen LogP contribution in [0.2, 0.25) is 0 Å². The lowest BCUT2D eigenvalue weighted by atomic mass is 10.1. The van der Waals surface area contributed by atoms with Crippen molar-refractivity contribution in [3.8, 4) is 17.0 Å². The minimum Gasteiger partial charge on any atom is -0.508 e. The predicted molar refractivity (Wildman–Crippen MR) is 64.4 cm³/mol. The summed E-state index contributed by atoms with van der Waals surface area (Å²) in [5.74, 6) is 0.286. The van der Waals surface area contributed by atoms with Crippen LogP contribution >= 0.6 is 0 Å². The van der Waals surface area contributed by atoms with Crippen molar-refractivity contribution in [3.63, 3.8) is 0 Å². The van der Waals surface area contributed by atoms with Crippen molar-refractivity contribution < 1.29 is 5.11 Å². The molecule has 1 aromatic carbocycles. The standard InChI is InChI=1S/C13H16N2O/c1-9(2)15-13(10(3)8-14-15)11-5-4-6-12(16)7-11/h4-9,16H,1-3H3. The number of nitrogens with zero attached hydrogens (tertiary/aromatic N) is 2. The largest absolute Gasteiger partial charge is 0.508 e. The highest BCUT2D eigenvalue weighted by Crippen LogP contribution is 2.28. The highest BCUT2D eigenvalue weighted by atomic mass is 16.3. The molecular weight excluding hydrogens is 200 g/mol. The minimum atomic E-state index is 0.286. The third kappa shape index (κ3) is 1.81. The molecule has 0 unspecified atom stereocenters. The summed E-state index contributed by atoms with van der Waals surface area (Å²) in [4.78, 5) is 0. The first-order valence-electron chi connectivity index (χ1n) is 5.43. The molecule has 3 nitrogen and oxygen atoms in total. The molecule has 1 aromatic heterocycles. The Morgan fingerprint density at radius 2 is 2.06 bits per heavy atom. The highest BCUT2D eigenvalue weighted by molar-refractivity contribution is 5.64. The summed E-state index contributed by atoms with van der Waals surface area (Å²) in [5, 5.41) is 13.9. The van der Waals surface area contributed by atoms with Gasteiger partial charge >= 0.3 is 0 Å². The SMILES string of the molecule is Cc1cnn(C(C)C)c1-c1cccc(O)c1. The van der Waals surface area contributed by atoms with Crippen LogP contribution in [0.25, 0.3) is 11.3 Å². The van der Waals surface area contributed by atoms with E-state index in [1.54, 1.807) is 12.1 Å². The molecule has 0 spiro atoms. The Labute approximate surface area is 95.3 Å². The second-order valence-electron chi connectivity index (χ2n) is 4.26. The number of aryl methyl sites for hydroxylation is 1. The van der Waals surface area contributed by atoms with Crippen LogP contribution in [0.4, 0.5) is 0 Å². The monoisotopic (exact) mass is 216 g/mol. The van der Waals surface area contributed by atoms with Crippen molar-refractivity contribution in [1.82, 2.24) is 9.78 Å². The molecule has 0 aliphatic rings. The van der Waals surface area contributed by atoms with Gasteiger partial charge < -0.3 is 5.11 Å². The Morgan fingerprint density at radius 3 is 2.69 bits per heavy atom. The molecule has 84 valence electrons. The van der Waals surface area contributed by atoms with Crippen LogP contribution in [-0.4, -0.2) is 14.9 Å². The van der Waals surface area contributed by atoms with Gasteiger partial charge in [-0.2, -0.15) is 5.10 Å². The van der Waals surface area contributed by atoms with E-state index in [-0.39, 0.29) is 5.75 Å². The van der Waals surface area contributed by atoms with Gasteiger partial charge in [0.2, 0.25) is 0 Å². The Bertz CT molecular complexity index is 500. The molecule has 1 heterocycles. The fraction of sp³-hybridized carbons (Fsp3) is 0.308. The van der Waals surface area contributed by atoms with Gasteiger partial charge in [-0.25, -0.2) is 0 Å². The van der Waals surface area contributed by atoms with E-state index in [0.717, 1.165) is 16.8 Å². The Hall–Kier alpha value is -1.77. The van der Waals surface area contributed by atoms with E-state index in [1.165, 1.54) is 0 Å². The maximum absolute atomic E-state index is 9.50. The summed E-state index contributed by atoms with van der Waals surface area (Å²) < 4.78 is 1.98. The average molecular weight is 216 g/mol. The van der Waals surface area contributed by atoms with Gasteiger partial charge in [0.05, 0.1) is 11.9 Å². The summed E-state index contributed by atoms with van der Waals surface area (Å²) in [6, 6.07) is 7.59. The van der Waals surface area contributed by atoms with E-state index in [9.17, 15) is 5.11 Å². The van der Waals surface area contributed by atoms with Gasteiger partial charge in [0.15, 0.2) is 0 Å². The van der Waals surface area contributed by atoms with Gasteiger partial charge in [-0.1, -0.05) is 12.1 Å². The highest BCUT2D eigenvalue weighted by Gasteiger charge is 2.12. The van der Waals surface area contributed by atoms with E-state index >= 15 is 0 Å². The van der Waals surface area contributed by atoms with Crippen LogP contribution in [-0.2, 0) is 0 Å². The lowest BCUT2D eigenvalue weighted by Crippen LogP contribution is -2.04. The third-order valence-electron chi connectivity index (χ3n) is 2.59. The number of aromatic hydroxyl groups is 1. The number of aromatic nitrogens is 2. The summed E-state index contributed by atoms with van der Waals surface area (Å²) in [5.41, 5.74) is 3.20. The summed E-state index contributed by atoms with van der Waals surface area (Å²) in [6.07, 6.45) is 1.86. The first kappa shape index (κ1) is 10.7. The number of benzene rings is 1. The number of phenols is 1. The zero-order valence-electron chi connectivity index (χ0n) is 9.81. The van der Waals surface area contributed by atoms with Crippen LogP contribution in [0.15, 0.2) is 30.5 Å². The molecular formula is C13H16N2O. The predicted octanol–water partition coefficient (Wildman–Crippen LogP) is 3.15. The maximum atomic E-state index is 9.50. The molecule has 2 aromatic rings. The van der Waals surface area contributed by atoms with E-state index < -0.39 is 0 Å². The molecule has 0 atom stereocenters. The number of rotatable bonds is 2. The quantitative estimate of drug-likeness (QED) is 0.837. The van der Waals surface area contributed by atoms with Gasteiger partial charge in [0.1, 0.15) is 5.75 Å². The van der Waals surface area contributed by atoms with Gasteiger partial charge in [0, 0.05) is 11.6 Å². The molecule has 0 radical (unpaired) electrons. The molecule has 0 aliphatic heterocycles. The normalized spacial score (nSPS) is 11.0. The summed E-state index contributed by atoms with van der Waals surface area (Å²) >= 11 is 0. The van der Waals surface area contributed by atoms with Crippen LogP contribution in [0.5, 0.6) is 5.75 Å². The van der Waals surface area contributed by atoms with E-state index in [0.29, 0.717) is 6.04 Å². The average Bonchev–Trinajstić information content (AvgIpc) is 2.60. The van der Waals surface area contributed by atoms with Gasteiger partial charge in [-0.3, -0.25) is 4.68 Å². The molecule has 16 heavy (non-hydrogen) atoms. The van der Waals surface area contributed by atoms with Crippen LogP contribution in [0.1, 0.15) is 25.5 Å². The minimum absolute atomic E-state index is 0.286. The fourth-order valence-corrected chi connectivity index (χ4v) is 1.85. The Morgan fingerprint density at radius 1 is 1.31 bits per heavy atom. The Balaban J connectivity index is 2.59. The van der Waals surface area contributed by atoms with E-state index in [4.69, 9.17) is 0 Å².